The number of carbonyl (C=O) groups excluding carboxylic acids is 1. The molecule has 1 aromatic rings. The molecule has 1 aromatic carbocycles. The fraction of sp³-hybridized carbons (Fsp3) is 0.588. The van der Waals surface area contributed by atoms with Crippen molar-refractivity contribution in [2.24, 2.45) is 5.41 Å². The van der Waals surface area contributed by atoms with Gasteiger partial charge in [-0.15, -0.1) is 0 Å². The fourth-order valence-corrected chi connectivity index (χ4v) is 2.89. The fourth-order valence-electron chi connectivity index (χ4n) is 2.89. The number of hydrogen-bond donors (Lipinski definition) is 3. The highest BCUT2D eigenvalue weighted by Gasteiger charge is 2.26. The number of nitrogens with one attached hydrogen (secondary N) is 2. The molecule has 3 N–H and O–H groups in total. The third-order valence-electron chi connectivity index (χ3n) is 4.84. The van der Waals surface area contributed by atoms with Crippen molar-refractivity contribution in [1.82, 2.24) is 10.6 Å². The summed E-state index contributed by atoms with van der Waals surface area (Å²) >= 11 is 0. The highest BCUT2D eigenvalue weighted by molar-refractivity contribution is 5.96. The minimum Gasteiger partial charge on any atom is -0.396 e. The number of rotatable bonds is 6. The molecule has 0 atom stereocenters. The van der Waals surface area contributed by atoms with Crippen molar-refractivity contribution in [2.75, 3.05) is 19.7 Å². The zero-order chi connectivity index (χ0) is 15.3. The van der Waals surface area contributed by atoms with Crippen LogP contribution in [-0.4, -0.2) is 30.7 Å². The quantitative estimate of drug-likeness (QED) is 0.749. The lowest BCUT2D eigenvalue weighted by Crippen LogP contribution is -2.40. The van der Waals surface area contributed by atoms with Crippen molar-refractivity contribution >= 4 is 5.91 Å². The van der Waals surface area contributed by atoms with Gasteiger partial charge in [0.1, 0.15) is 0 Å². The monoisotopic (exact) mass is 290 g/mol. The lowest BCUT2D eigenvalue weighted by molar-refractivity contribution is 0.0850. The van der Waals surface area contributed by atoms with E-state index in [1.165, 1.54) is 5.56 Å². The Morgan fingerprint density at radius 1 is 1.38 bits per heavy atom. The second kappa shape index (κ2) is 7.05. The van der Waals surface area contributed by atoms with Crippen LogP contribution in [0.5, 0.6) is 0 Å². The summed E-state index contributed by atoms with van der Waals surface area (Å²) in [6, 6.07) is 5.92. The van der Waals surface area contributed by atoms with Crippen LogP contribution in [0.4, 0.5) is 0 Å². The molecule has 0 saturated carbocycles. The van der Waals surface area contributed by atoms with E-state index in [2.05, 4.69) is 30.5 Å². The molecule has 4 nitrogen and oxygen atoms in total. The first-order valence-corrected chi connectivity index (χ1v) is 7.86. The van der Waals surface area contributed by atoms with Crippen molar-refractivity contribution in [3.8, 4) is 0 Å². The highest BCUT2D eigenvalue weighted by atomic mass is 16.3. The van der Waals surface area contributed by atoms with Crippen LogP contribution in [0.3, 0.4) is 0 Å². The summed E-state index contributed by atoms with van der Waals surface area (Å²) < 4.78 is 0. The van der Waals surface area contributed by atoms with Crippen molar-refractivity contribution in [1.29, 1.82) is 0 Å². The molecular formula is C17H26N2O2. The third-order valence-corrected chi connectivity index (χ3v) is 4.84. The van der Waals surface area contributed by atoms with E-state index in [0.717, 1.165) is 43.5 Å². The van der Waals surface area contributed by atoms with Gasteiger partial charge in [-0.1, -0.05) is 26.0 Å². The Morgan fingerprint density at radius 2 is 2.14 bits per heavy atom. The third kappa shape index (κ3) is 3.44. The summed E-state index contributed by atoms with van der Waals surface area (Å²) in [5.41, 5.74) is 2.96. The maximum atomic E-state index is 12.5. The zero-order valence-corrected chi connectivity index (χ0v) is 13.0. The number of aliphatic hydroxyl groups is 1. The lowest BCUT2D eigenvalue weighted by atomic mass is 9.83. The largest absolute Gasteiger partial charge is 0.396 e. The molecule has 0 aliphatic carbocycles. The number of aliphatic hydroxyl groups excluding tert-OH is 1. The van der Waals surface area contributed by atoms with Crippen LogP contribution in [0.1, 0.15) is 48.2 Å². The summed E-state index contributed by atoms with van der Waals surface area (Å²) in [6.07, 6.45) is 2.61. The van der Waals surface area contributed by atoms with E-state index in [-0.39, 0.29) is 17.9 Å². The molecular weight excluding hydrogens is 264 g/mol. The van der Waals surface area contributed by atoms with Crippen LogP contribution in [0, 0.1) is 5.41 Å². The van der Waals surface area contributed by atoms with Crippen molar-refractivity contribution < 1.29 is 9.90 Å². The second-order valence-electron chi connectivity index (χ2n) is 5.92. The number of carbonyl (C=O) groups is 1. The summed E-state index contributed by atoms with van der Waals surface area (Å²) in [5, 5.41) is 15.9. The molecule has 1 aliphatic rings. The Bertz CT molecular complexity index is 487. The van der Waals surface area contributed by atoms with Crippen LogP contribution in [0.2, 0.25) is 0 Å². The van der Waals surface area contributed by atoms with Crippen LogP contribution in [0.25, 0.3) is 0 Å². The van der Waals surface area contributed by atoms with Crippen molar-refractivity contribution in [3.63, 3.8) is 0 Å². The van der Waals surface area contributed by atoms with Gasteiger partial charge < -0.3 is 15.7 Å². The molecule has 1 amide bonds. The van der Waals surface area contributed by atoms with Gasteiger partial charge in [0.2, 0.25) is 0 Å². The Balaban J connectivity index is 2.11. The Morgan fingerprint density at radius 3 is 2.81 bits per heavy atom. The summed E-state index contributed by atoms with van der Waals surface area (Å²) in [7, 11) is 0. The molecule has 4 heteroatoms. The molecule has 1 aliphatic heterocycles. The van der Waals surface area contributed by atoms with Crippen LogP contribution in [0.15, 0.2) is 18.2 Å². The predicted molar refractivity (Wildman–Crippen MR) is 84.3 cm³/mol. The maximum Gasteiger partial charge on any atom is 0.251 e. The molecule has 0 bridgehead atoms. The zero-order valence-electron chi connectivity index (χ0n) is 13.0. The van der Waals surface area contributed by atoms with Gasteiger partial charge in [0, 0.05) is 24.1 Å². The van der Waals surface area contributed by atoms with Gasteiger partial charge in [-0.25, -0.2) is 0 Å². The number of benzene rings is 1. The first-order valence-electron chi connectivity index (χ1n) is 7.86. The normalized spacial score (nSPS) is 14.6. The smallest absolute Gasteiger partial charge is 0.251 e. The number of amides is 1. The molecule has 0 aromatic heterocycles. The Labute approximate surface area is 126 Å². The van der Waals surface area contributed by atoms with Crippen molar-refractivity contribution in [2.45, 2.75) is 39.7 Å². The van der Waals surface area contributed by atoms with E-state index in [1.54, 1.807) is 0 Å². The number of fused-ring (bicyclic) bond motifs is 1. The Hall–Kier alpha value is -1.39. The van der Waals surface area contributed by atoms with E-state index in [4.69, 9.17) is 0 Å². The molecule has 21 heavy (non-hydrogen) atoms. The Kier molecular flexibility index (Phi) is 5.37. The second-order valence-corrected chi connectivity index (χ2v) is 5.92. The van der Waals surface area contributed by atoms with Gasteiger partial charge in [0.15, 0.2) is 0 Å². The van der Waals surface area contributed by atoms with Gasteiger partial charge in [-0.2, -0.15) is 0 Å². The average Bonchev–Trinajstić information content (AvgIpc) is 2.56. The average molecular weight is 290 g/mol. The molecule has 0 unspecified atom stereocenters. The van der Waals surface area contributed by atoms with E-state index in [0.29, 0.717) is 6.54 Å². The van der Waals surface area contributed by atoms with Gasteiger partial charge in [0.05, 0.1) is 6.61 Å². The van der Waals surface area contributed by atoms with E-state index in [9.17, 15) is 9.90 Å². The first-order chi connectivity index (χ1) is 10.2. The predicted octanol–water partition coefficient (Wildman–Crippen LogP) is 1.86. The summed E-state index contributed by atoms with van der Waals surface area (Å²) in [6.45, 7) is 6.50. The van der Waals surface area contributed by atoms with Crippen LogP contribution >= 0.6 is 0 Å². The summed E-state index contributed by atoms with van der Waals surface area (Å²) in [5.74, 6) is -0.0199. The maximum absolute atomic E-state index is 12.5. The van der Waals surface area contributed by atoms with E-state index >= 15 is 0 Å². The molecule has 116 valence electrons. The lowest BCUT2D eigenvalue weighted by Gasteiger charge is -2.30. The minimum absolute atomic E-state index is 0.0199. The molecule has 1 heterocycles. The standard InChI is InChI=1S/C17H26N2O2/c1-3-17(4-2,12-20)11-19-16(21)15-7-5-6-13-10-18-9-8-14(13)15/h5-7,18,20H,3-4,8-12H2,1-2H3,(H,19,21). The molecule has 0 fully saturated rings. The highest BCUT2D eigenvalue weighted by Crippen LogP contribution is 2.25. The van der Waals surface area contributed by atoms with Gasteiger partial charge in [-0.05, 0) is 43.0 Å². The van der Waals surface area contributed by atoms with Crippen LogP contribution in [-0.2, 0) is 13.0 Å². The van der Waals surface area contributed by atoms with E-state index < -0.39 is 0 Å². The SMILES string of the molecule is CCC(CC)(CO)CNC(=O)c1cccc2c1CCNC2. The topological polar surface area (TPSA) is 61.4 Å². The minimum atomic E-state index is -0.202. The molecule has 2 rings (SSSR count). The number of hydrogen-bond acceptors (Lipinski definition) is 3. The van der Waals surface area contributed by atoms with Gasteiger partial charge in [-0.3, -0.25) is 4.79 Å². The summed E-state index contributed by atoms with van der Waals surface area (Å²) in [4.78, 5) is 12.5. The van der Waals surface area contributed by atoms with Crippen molar-refractivity contribution in [3.05, 3.63) is 34.9 Å². The molecule has 0 radical (unpaired) electrons. The first kappa shape index (κ1) is 16.0. The molecule has 0 spiro atoms. The van der Waals surface area contributed by atoms with Gasteiger partial charge in [0.25, 0.3) is 5.91 Å². The van der Waals surface area contributed by atoms with Crippen LogP contribution < -0.4 is 10.6 Å². The molecule has 0 saturated heterocycles. The van der Waals surface area contributed by atoms with Gasteiger partial charge >= 0.3 is 0 Å². The van der Waals surface area contributed by atoms with E-state index in [1.807, 2.05) is 12.1 Å².